The van der Waals surface area contributed by atoms with Crippen molar-refractivity contribution in [2.45, 2.75) is 72.4 Å². The molecule has 0 aromatic heterocycles. The topological polar surface area (TPSA) is 59.6 Å². The molecule has 0 atom stereocenters. The monoisotopic (exact) mass is 450 g/mol. The first kappa shape index (κ1) is 24.7. The fraction of sp³-hybridized carbons (Fsp3) is 0.464. The van der Waals surface area contributed by atoms with Crippen LogP contribution in [-0.4, -0.2) is 32.2 Å². The number of amides is 1. The quantitative estimate of drug-likeness (QED) is 0.465. The van der Waals surface area contributed by atoms with Gasteiger partial charge in [-0.05, 0) is 71.2 Å². The van der Waals surface area contributed by atoms with E-state index in [-0.39, 0.29) is 11.9 Å². The maximum absolute atomic E-state index is 12.5. The SMILES string of the molecule is COc1c(C)c(-c2ccc(NC3CCCC3)cc2)c(OC)c(C)c1/C=C(\C)C(=O)NC(C)C. The van der Waals surface area contributed by atoms with Crippen LogP contribution in [0.15, 0.2) is 29.8 Å². The second-order valence-electron chi connectivity index (χ2n) is 9.26. The summed E-state index contributed by atoms with van der Waals surface area (Å²) in [6, 6.07) is 9.21. The highest BCUT2D eigenvalue weighted by Gasteiger charge is 2.22. The van der Waals surface area contributed by atoms with Crippen LogP contribution >= 0.6 is 0 Å². The number of carbonyl (C=O) groups is 1. The maximum Gasteiger partial charge on any atom is 0.247 e. The van der Waals surface area contributed by atoms with E-state index in [9.17, 15) is 4.79 Å². The van der Waals surface area contributed by atoms with E-state index in [0.29, 0.717) is 11.6 Å². The van der Waals surface area contributed by atoms with E-state index in [4.69, 9.17) is 9.47 Å². The molecule has 1 aliphatic carbocycles. The van der Waals surface area contributed by atoms with Crippen molar-refractivity contribution in [3.8, 4) is 22.6 Å². The Morgan fingerprint density at radius 3 is 2.15 bits per heavy atom. The summed E-state index contributed by atoms with van der Waals surface area (Å²) in [5.41, 5.74) is 6.67. The molecule has 1 aliphatic rings. The highest BCUT2D eigenvalue weighted by molar-refractivity contribution is 5.98. The zero-order valence-electron chi connectivity index (χ0n) is 21.1. The summed E-state index contributed by atoms with van der Waals surface area (Å²) in [5, 5.41) is 6.60. The molecule has 0 aliphatic heterocycles. The summed E-state index contributed by atoms with van der Waals surface area (Å²) in [5.74, 6) is 1.47. The lowest BCUT2D eigenvalue weighted by Crippen LogP contribution is -2.30. The molecule has 2 aromatic rings. The van der Waals surface area contributed by atoms with Crippen LogP contribution < -0.4 is 20.1 Å². The fourth-order valence-corrected chi connectivity index (χ4v) is 4.70. The molecule has 3 rings (SSSR count). The number of methoxy groups -OCH3 is 2. The molecule has 2 aromatic carbocycles. The van der Waals surface area contributed by atoms with Crippen LogP contribution in [0.4, 0.5) is 5.69 Å². The Morgan fingerprint density at radius 2 is 1.61 bits per heavy atom. The molecule has 0 unspecified atom stereocenters. The number of carbonyl (C=O) groups excluding carboxylic acids is 1. The fourth-order valence-electron chi connectivity index (χ4n) is 4.70. The first-order chi connectivity index (χ1) is 15.8. The Labute approximate surface area is 198 Å². The van der Waals surface area contributed by atoms with Gasteiger partial charge in [0.1, 0.15) is 11.5 Å². The Kier molecular flexibility index (Phi) is 8.06. The Balaban J connectivity index is 2.03. The highest BCUT2D eigenvalue weighted by Crippen LogP contribution is 2.45. The third-order valence-electron chi connectivity index (χ3n) is 6.38. The molecular weight excluding hydrogens is 412 g/mol. The zero-order chi connectivity index (χ0) is 24.1. The lowest BCUT2D eigenvalue weighted by atomic mass is 9.91. The summed E-state index contributed by atoms with van der Waals surface area (Å²) >= 11 is 0. The Hall–Kier alpha value is -2.95. The third-order valence-corrected chi connectivity index (χ3v) is 6.38. The molecule has 0 saturated heterocycles. The summed E-state index contributed by atoms with van der Waals surface area (Å²) in [6.45, 7) is 9.78. The van der Waals surface area contributed by atoms with Crippen molar-refractivity contribution in [1.29, 1.82) is 0 Å². The zero-order valence-corrected chi connectivity index (χ0v) is 21.1. The van der Waals surface area contributed by atoms with Gasteiger partial charge in [-0.1, -0.05) is 25.0 Å². The van der Waals surface area contributed by atoms with E-state index in [0.717, 1.165) is 45.0 Å². The molecule has 2 N–H and O–H groups in total. The van der Waals surface area contributed by atoms with Gasteiger partial charge in [0.15, 0.2) is 0 Å². The van der Waals surface area contributed by atoms with Crippen molar-refractivity contribution in [2.75, 3.05) is 19.5 Å². The molecule has 0 bridgehead atoms. The van der Waals surface area contributed by atoms with Crippen LogP contribution in [0.2, 0.25) is 0 Å². The van der Waals surface area contributed by atoms with Gasteiger partial charge in [0.05, 0.1) is 14.2 Å². The van der Waals surface area contributed by atoms with E-state index in [1.54, 1.807) is 14.2 Å². The van der Waals surface area contributed by atoms with Crippen LogP contribution in [0.5, 0.6) is 11.5 Å². The minimum absolute atomic E-state index is 0.0774. The van der Waals surface area contributed by atoms with Gasteiger partial charge in [0, 0.05) is 45.6 Å². The standard InChI is InChI=1S/C28H38N2O3/c1-17(2)29-28(31)18(3)16-24-19(4)27(33-7)25(20(5)26(24)32-6)21-12-14-23(15-13-21)30-22-10-8-9-11-22/h12-17,22,30H,8-11H2,1-7H3,(H,29,31)/b18-16+. The minimum Gasteiger partial charge on any atom is -0.496 e. The summed E-state index contributed by atoms with van der Waals surface area (Å²) in [6.07, 6.45) is 7.00. The molecule has 5 heteroatoms. The first-order valence-corrected chi connectivity index (χ1v) is 11.9. The predicted octanol–water partition coefficient (Wildman–Crippen LogP) is 6.27. The first-order valence-electron chi connectivity index (χ1n) is 11.9. The summed E-state index contributed by atoms with van der Waals surface area (Å²) in [4.78, 5) is 12.5. The molecule has 5 nitrogen and oxygen atoms in total. The van der Waals surface area contributed by atoms with E-state index >= 15 is 0 Å². The normalized spacial score (nSPS) is 14.5. The number of benzene rings is 2. The molecule has 0 radical (unpaired) electrons. The minimum atomic E-state index is -0.0856. The number of anilines is 1. The van der Waals surface area contributed by atoms with Crippen LogP contribution in [0.1, 0.15) is 63.1 Å². The Bertz CT molecular complexity index is 1020. The second kappa shape index (κ2) is 10.8. The highest BCUT2D eigenvalue weighted by atomic mass is 16.5. The molecule has 178 valence electrons. The smallest absolute Gasteiger partial charge is 0.247 e. The van der Waals surface area contributed by atoms with E-state index in [2.05, 4.69) is 34.9 Å². The Morgan fingerprint density at radius 1 is 1.00 bits per heavy atom. The van der Waals surface area contributed by atoms with Crippen LogP contribution in [0.25, 0.3) is 17.2 Å². The van der Waals surface area contributed by atoms with E-state index in [1.807, 2.05) is 40.7 Å². The number of nitrogens with one attached hydrogen (secondary N) is 2. The van der Waals surface area contributed by atoms with Crippen molar-refractivity contribution in [3.63, 3.8) is 0 Å². The third kappa shape index (κ3) is 5.52. The number of hydrogen-bond donors (Lipinski definition) is 2. The number of ether oxygens (including phenoxy) is 2. The van der Waals surface area contributed by atoms with Gasteiger partial charge in [-0.2, -0.15) is 0 Å². The van der Waals surface area contributed by atoms with Gasteiger partial charge in [-0.15, -0.1) is 0 Å². The molecule has 33 heavy (non-hydrogen) atoms. The average Bonchev–Trinajstić information content (AvgIpc) is 3.29. The van der Waals surface area contributed by atoms with Crippen molar-refractivity contribution < 1.29 is 14.3 Å². The molecule has 0 heterocycles. The molecule has 0 spiro atoms. The van der Waals surface area contributed by atoms with Crippen LogP contribution in [0, 0.1) is 13.8 Å². The molecule has 1 fully saturated rings. The largest absolute Gasteiger partial charge is 0.496 e. The summed E-state index contributed by atoms with van der Waals surface area (Å²) < 4.78 is 11.7. The number of rotatable bonds is 8. The lowest BCUT2D eigenvalue weighted by molar-refractivity contribution is -0.117. The predicted molar refractivity (Wildman–Crippen MR) is 137 cm³/mol. The molecular formula is C28H38N2O3. The number of hydrogen-bond acceptors (Lipinski definition) is 4. The van der Waals surface area contributed by atoms with E-state index < -0.39 is 0 Å². The van der Waals surface area contributed by atoms with Gasteiger partial charge < -0.3 is 20.1 Å². The van der Waals surface area contributed by atoms with E-state index in [1.165, 1.54) is 25.7 Å². The summed E-state index contributed by atoms with van der Waals surface area (Å²) in [7, 11) is 3.37. The van der Waals surface area contributed by atoms with Gasteiger partial charge in [0.25, 0.3) is 0 Å². The molecule has 1 saturated carbocycles. The maximum atomic E-state index is 12.5. The van der Waals surface area contributed by atoms with Crippen molar-refractivity contribution >= 4 is 17.7 Å². The van der Waals surface area contributed by atoms with Gasteiger partial charge in [0.2, 0.25) is 5.91 Å². The van der Waals surface area contributed by atoms with Crippen LogP contribution in [-0.2, 0) is 4.79 Å². The van der Waals surface area contributed by atoms with Crippen molar-refractivity contribution in [3.05, 3.63) is 46.5 Å². The average molecular weight is 451 g/mol. The molecule has 1 amide bonds. The van der Waals surface area contributed by atoms with Gasteiger partial charge in [-0.25, -0.2) is 0 Å². The van der Waals surface area contributed by atoms with Gasteiger partial charge in [-0.3, -0.25) is 4.79 Å². The lowest BCUT2D eigenvalue weighted by Gasteiger charge is -2.22. The second-order valence-corrected chi connectivity index (χ2v) is 9.26. The van der Waals surface area contributed by atoms with Crippen LogP contribution in [0.3, 0.4) is 0 Å². The van der Waals surface area contributed by atoms with Crippen molar-refractivity contribution in [2.24, 2.45) is 0 Å². The van der Waals surface area contributed by atoms with Crippen molar-refractivity contribution in [1.82, 2.24) is 5.32 Å². The van der Waals surface area contributed by atoms with Gasteiger partial charge >= 0.3 is 0 Å².